The first-order valence-electron chi connectivity index (χ1n) is 18.9. The summed E-state index contributed by atoms with van der Waals surface area (Å²) in [6.45, 7) is 11.4. The van der Waals surface area contributed by atoms with Gasteiger partial charge in [-0.25, -0.2) is 0 Å². The van der Waals surface area contributed by atoms with E-state index in [1.807, 2.05) is 52.8 Å². The molecule has 0 saturated heterocycles. The molecule has 0 unspecified atom stereocenters. The Bertz CT molecular complexity index is 2450. The zero-order valence-electron chi connectivity index (χ0n) is 33.1. The quantitative estimate of drug-likeness (QED) is 0.0280. The number of carbonyl (C=O) groups is 2. The Kier molecular flexibility index (Phi) is 13.3. The Labute approximate surface area is 338 Å². The number of hydrogen-bond acceptors (Lipinski definition) is 9. The molecular formula is C40H49N8O8S2+. The minimum Gasteiger partial charge on any atom is -0.356 e. The lowest BCUT2D eigenvalue weighted by Crippen LogP contribution is -2.28. The Hall–Kier alpha value is -5.39. The third kappa shape index (κ3) is 9.82. The predicted molar refractivity (Wildman–Crippen MR) is 220 cm³/mol. The molecule has 2 amide bonds. The van der Waals surface area contributed by atoms with Crippen molar-refractivity contribution in [1.82, 2.24) is 10.3 Å². The van der Waals surface area contributed by atoms with Crippen LogP contribution in [0.4, 0.5) is 17.1 Å². The number of unbranched alkanes of at least 4 members (excludes halogenated alkanes) is 2. The van der Waals surface area contributed by atoms with Crippen molar-refractivity contribution < 1.29 is 40.1 Å². The molecule has 0 fully saturated rings. The normalized spacial score (nSPS) is 16.3. The number of amides is 2. The summed E-state index contributed by atoms with van der Waals surface area (Å²) >= 11 is 0. The number of fused-ring (bicyclic) bond motifs is 2. The maximum atomic E-state index is 12.6. The van der Waals surface area contributed by atoms with Gasteiger partial charge in [0, 0.05) is 77.5 Å². The van der Waals surface area contributed by atoms with Crippen LogP contribution in [0.3, 0.4) is 0 Å². The maximum Gasteiger partial charge on any atom is 0.294 e. The highest BCUT2D eigenvalue weighted by molar-refractivity contribution is 7.86. The van der Waals surface area contributed by atoms with Gasteiger partial charge in [-0.15, -0.1) is 0 Å². The number of carbonyl (C=O) groups excluding carboxylic acids is 2. The number of azide groups is 1. The summed E-state index contributed by atoms with van der Waals surface area (Å²) in [7, 11) is -8.84. The minimum atomic E-state index is -4.45. The van der Waals surface area contributed by atoms with Gasteiger partial charge in [0.2, 0.25) is 17.5 Å². The van der Waals surface area contributed by atoms with E-state index in [4.69, 9.17) is 5.53 Å². The summed E-state index contributed by atoms with van der Waals surface area (Å²) < 4.78 is 69.8. The van der Waals surface area contributed by atoms with E-state index in [2.05, 4.69) is 35.1 Å². The number of anilines is 2. The number of hydrogen-bond donors (Lipinski definition) is 4. The van der Waals surface area contributed by atoms with Crippen LogP contribution in [0, 0.1) is 0 Å². The number of likely N-dealkylation sites (N-methyl/N-ethyl adjacent to an activating group) is 1. The molecule has 308 valence electrons. The van der Waals surface area contributed by atoms with Gasteiger partial charge in [0.1, 0.15) is 6.54 Å². The van der Waals surface area contributed by atoms with Gasteiger partial charge in [0.15, 0.2) is 5.71 Å². The molecule has 0 aliphatic carbocycles. The second-order valence-corrected chi connectivity index (χ2v) is 18.0. The van der Waals surface area contributed by atoms with Crippen molar-refractivity contribution in [2.45, 2.75) is 93.9 Å². The zero-order valence-corrected chi connectivity index (χ0v) is 34.8. The van der Waals surface area contributed by atoms with Gasteiger partial charge in [-0.05, 0) is 93.2 Å². The van der Waals surface area contributed by atoms with E-state index in [0.29, 0.717) is 37.3 Å². The van der Waals surface area contributed by atoms with Crippen LogP contribution in [0.1, 0.15) is 83.5 Å². The smallest absolute Gasteiger partial charge is 0.294 e. The van der Waals surface area contributed by atoms with Crippen LogP contribution in [-0.4, -0.2) is 72.7 Å². The number of pyridine rings is 1. The van der Waals surface area contributed by atoms with Crippen molar-refractivity contribution >= 4 is 54.8 Å². The van der Waals surface area contributed by atoms with E-state index in [0.717, 1.165) is 40.3 Å². The molecule has 0 saturated carbocycles. The van der Waals surface area contributed by atoms with Gasteiger partial charge in [-0.3, -0.25) is 23.7 Å². The lowest BCUT2D eigenvalue weighted by atomic mass is 9.81. The lowest BCUT2D eigenvalue weighted by Gasteiger charge is -2.25. The molecule has 2 aromatic carbocycles. The molecule has 58 heavy (non-hydrogen) atoms. The summed E-state index contributed by atoms with van der Waals surface area (Å²) in [5.74, 6) is -0.452. The van der Waals surface area contributed by atoms with E-state index >= 15 is 0 Å². The SMILES string of the molecule is CCN1/C(=C/C=C/C2=[N+](CCCCCC(=O)NCCC(=O)Nc3ccc(CN=[N+]=[N-])nc3)c3ccc(S(=O)(=O)O)cc3C2(C)C)C(C)(C)c2cc(S(=O)(=O)O)ccc21. The number of benzene rings is 2. The van der Waals surface area contributed by atoms with Gasteiger partial charge in [-0.1, -0.05) is 25.0 Å². The predicted octanol–water partition coefficient (Wildman–Crippen LogP) is 6.72. The standard InChI is InChI=1S/C40H48N8O8S2/c1-6-47-33-18-16-29(57(51,52)53)23-31(33)39(2,3)35(47)11-10-12-36-40(4,5)32-24-30(58(54,55)56)17-19-34(32)48(36)22-9-7-8-13-37(49)42-21-20-38(50)45-28-15-14-27(43-25-28)26-44-46-41/h10-12,14-19,23-25H,6-9,13,20-22,26H2,1-5H3,(H3-,42,45,49,50,51,52,53,54,55,56)/p+1. The van der Waals surface area contributed by atoms with Gasteiger partial charge >= 0.3 is 0 Å². The molecule has 0 radical (unpaired) electrons. The molecule has 4 N–H and O–H groups in total. The van der Waals surface area contributed by atoms with E-state index in [1.54, 1.807) is 24.3 Å². The molecule has 18 heteroatoms. The molecule has 2 aliphatic rings. The van der Waals surface area contributed by atoms with Gasteiger partial charge in [-0.2, -0.15) is 21.4 Å². The van der Waals surface area contributed by atoms with Crippen molar-refractivity contribution in [3.8, 4) is 0 Å². The van der Waals surface area contributed by atoms with E-state index in [1.165, 1.54) is 30.5 Å². The van der Waals surface area contributed by atoms with Crippen LogP contribution in [0.25, 0.3) is 10.4 Å². The highest BCUT2D eigenvalue weighted by atomic mass is 32.2. The number of nitrogens with one attached hydrogen (secondary N) is 2. The lowest BCUT2D eigenvalue weighted by molar-refractivity contribution is -0.438. The molecule has 0 spiro atoms. The van der Waals surface area contributed by atoms with E-state index in [9.17, 15) is 35.5 Å². The summed E-state index contributed by atoms with van der Waals surface area (Å²) in [6, 6.07) is 12.5. The van der Waals surface area contributed by atoms with Crippen molar-refractivity contribution in [3.05, 3.63) is 106 Å². The van der Waals surface area contributed by atoms with Crippen LogP contribution in [0.5, 0.6) is 0 Å². The monoisotopic (exact) mass is 833 g/mol. The molecule has 5 rings (SSSR count). The number of nitrogens with zero attached hydrogens (tertiary/aromatic N) is 6. The Morgan fingerprint density at radius 1 is 0.914 bits per heavy atom. The summed E-state index contributed by atoms with van der Waals surface area (Å²) in [4.78, 5) is 33.5. The van der Waals surface area contributed by atoms with E-state index in [-0.39, 0.29) is 47.5 Å². The number of allylic oxidation sites excluding steroid dienone is 4. The first kappa shape index (κ1) is 43.7. The third-order valence-electron chi connectivity index (χ3n) is 10.5. The molecule has 0 bridgehead atoms. The van der Waals surface area contributed by atoms with E-state index < -0.39 is 31.1 Å². The molecular weight excluding hydrogens is 785 g/mol. The fourth-order valence-corrected chi connectivity index (χ4v) is 8.51. The van der Waals surface area contributed by atoms with Crippen LogP contribution in [-0.2, 0) is 47.2 Å². The second kappa shape index (κ2) is 17.6. The molecule has 3 aromatic rings. The first-order valence-corrected chi connectivity index (χ1v) is 21.7. The topological polar surface area (TPSA) is 235 Å². The number of aromatic nitrogens is 1. The van der Waals surface area contributed by atoms with Crippen LogP contribution in [0.15, 0.2) is 93.6 Å². The van der Waals surface area contributed by atoms with Crippen LogP contribution >= 0.6 is 0 Å². The molecule has 16 nitrogen and oxygen atoms in total. The second-order valence-electron chi connectivity index (χ2n) is 15.1. The van der Waals surface area contributed by atoms with Crippen LogP contribution in [0.2, 0.25) is 0 Å². The first-order chi connectivity index (χ1) is 27.3. The average molecular weight is 834 g/mol. The van der Waals surface area contributed by atoms with Gasteiger partial charge in [0.05, 0.1) is 33.6 Å². The molecule has 0 atom stereocenters. The molecule has 3 heterocycles. The highest BCUT2D eigenvalue weighted by Crippen LogP contribution is 2.48. The average Bonchev–Trinajstić information content (AvgIpc) is 3.51. The van der Waals surface area contributed by atoms with Crippen LogP contribution < -0.4 is 15.5 Å². The van der Waals surface area contributed by atoms with Crippen molar-refractivity contribution in [2.24, 2.45) is 5.11 Å². The Morgan fingerprint density at radius 3 is 2.24 bits per heavy atom. The van der Waals surface area contributed by atoms with Gasteiger partial charge < -0.3 is 15.5 Å². The summed E-state index contributed by atoms with van der Waals surface area (Å²) in [5, 5.41) is 8.95. The Balaban J connectivity index is 1.25. The Morgan fingerprint density at radius 2 is 1.60 bits per heavy atom. The van der Waals surface area contributed by atoms with Crippen molar-refractivity contribution in [1.29, 1.82) is 0 Å². The third-order valence-corrected chi connectivity index (χ3v) is 12.2. The molecule has 2 aliphatic heterocycles. The highest BCUT2D eigenvalue weighted by Gasteiger charge is 2.45. The summed E-state index contributed by atoms with van der Waals surface area (Å²) in [6.07, 6.45) is 9.76. The summed E-state index contributed by atoms with van der Waals surface area (Å²) in [5.41, 5.74) is 13.2. The fraction of sp³-hybridized carbons (Fsp3) is 0.400. The molecule has 1 aromatic heterocycles. The largest absolute Gasteiger partial charge is 0.356 e. The minimum absolute atomic E-state index is 0.0777. The van der Waals surface area contributed by atoms with Crippen molar-refractivity contribution in [3.63, 3.8) is 0 Å². The van der Waals surface area contributed by atoms with Crippen molar-refractivity contribution in [2.75, 3.05) is 29.9 Å². The number of rotatable bonds is 17. The van der Waals surface area contributed by atoms with Gasteiger partial charge in [0.25, 0.3) is 20.2 Å². The fourth-order valence-electron chi connectivity index (χ4n) is 7.50. The zero-order chi connectivity index (χ0) is 42.5. The maximum absolute atomic E-state index is 12.6.